The molecule has 0 radical (unpaired) electrons. The molecule has 0 unspecified atom stereocenters. The van der Waals surface area contributed by atoms with Crippen molar-refractivity contribution >= 4 is 0 Å². The molecule has 2 aromatic rings. The lowest BCUT2D eigenvalue weighted by molar-refractivity contribution is 0.283. The monoisotopic (exact) mass is 241 g/mol. The van der Waals surface area contributed by atoms with Crippen LogP contribution in [-0.2, 0) is 6.42 Å². The fourth-order valence-electron chi connectivity index (χ4n) is 1.79. The van der Waals surface area contributed by atoms with Crippen LogP contribution in [0.1, 0.15) is 24.2 Å². The van der Waals surface area contributed by atoms with Crippen molar-refractivity contribution in [1.29, 1.82) is 5.26 Å². The Balaban J connectivity index is 2.06. The molecule has 2 rings (SSSR count). The van der Waals surface area contributed by atoms with Gasteiger partial charge in [-0.3, -0.25) is 0 Å². The van der Waals surface area contributed by atoms with Gasteiger partial charge in [0.05, 0.1) is 11.6 Å². The number of nitrogens with zero attached hydrogens (tertiary/aromatic N) is 1. The molecule has 0 saturated heterocycles. The van der Waals surface area contributed by atoms with E-state index in [0.29, 0.717) is 5.56 Å². The maximum Gasteiger partial charge on any atom is 0.134 e. The molecule has 1 aromatic heterocycles. The minimum Gasteiger partial charge on any atom is -0.461 e. The van der Waals surface area contributed by atoms with Crippen molar-refractivity contribution in [2.75, 3.05) is 6.61 Å². The molecular formula is C15H15NO2. The van der Waals surface area contributed by atoms with Gasteiger partial charge in [-0.2, -0.15) is 5.26 Å². The van der Waals surface area contributed by atoms with Crippen LogP contribution < -0.4 is 0 Å². The van der Waals surface area contributed by atoms with E-state index in [4.69, 9.17) is 14.8 Å². The van der Waals surface area contributed by atoms with E-state index in [1.165, 1.54) is 0 Å². The summed E-state index contributed by atoms with van der Waals surface area (Å²) in [5.74, 6) is 1.75. The van der Waals surface area contributed by atoms with Crippen LogP contribution in [0.2, 0.25) is 0 Å². The van der Waals surface area contributed by atoms with Crippen LogP contribution in [-0.4, -0.2) is 11.7 Å². The zero-order chi connectivity index (χ0) is 12.8. The number of benzene rings is 1. The van der Waals surface area contributed by atoms with E-state index in [9.17, 15) is 0 Å². The number of furan rings is 1. The molecule has 0 spiro atoms. The SMILES string of the molecule is N#Cc1ccc(-c2ccc(CCCCO)o2)cc1. The van der Waals surface area contributed by atoms with Gasteiger partial charge in [0, 0.05) is 18.6 Å². The van der Waals surface area contributed by atoms with Crippen LogP contribution >= 0.6 is 0 Å². The number of nitriles is 1. The van der Waals surface area contributed by atoms with Gasteiger partial charge >= 0.3 is 0 Å². The summed E-state index contributed by atoms with van der Waals surface area (Å²) < 4.78 is 5.73. The highest BCUT2D eigenvalue weighted by atomic mass is 16.3. The second-order valence-corrected chi connectivity index (χ2v) is 4.14. The van der Waals surface area contributed by atoms with Gasteiger partial charge in [-0.1, -0.05) is 0 Å². The number of aliphatic hydroxyl groups excluding tert-OH is 1. The second-order valence-electron chi connectivity index (χ2n) is 4.14. The van der Waals surface area contributed by atoms with Gasteiger partial charge in [0.1, 0.15) is 11.5 Å². The average Bonchev–Trinajstić information content (AvgIpc) is 2.88. The number of aliphatic hydroxyl groups is 1. The van der Waals surface area contributed by atoms with Crippen molar-refractivity contribution in [3.8, 4) is 17.4 Å². The second kappa shape index (κ2) is 6.04. The Labute approximate surface area is 106 Å². The van der Waals surface area contributed by atoms with Crippen molar-refractivity contribution in [2.24, 2.45) is 0 Å². The molecular weight excluding hydrogens is 226 g/mol. The fourth-order valence-corrected chi connectivity index (χ4v) is 1.79. The lowest BCUT2D eigenvalue weighted by atomic mass is 10.1. The minimum absolute atomic E-state index is 0.225. The smallest absolute Gasteiger partial charge is 0.134 e. The van der Waals surface area contributed by atoms with Crippen LogP contribution in [0.4, 0.5) is 0 Å². The molecule has 0 amide bonds. The summed E-state index contributed by atoms with van der Waals surface area (Å²) in [7, 11) is 0. The van der Waals surface area contributed by atoms with Gasteiger partial charge in [-0.15, -0.1) is 0 Å². The Morgan fingerprint density at radius 1 is 1.06 bits per heavy atom. The summed E-state index contributed by atoms with van der Waals surface area (Å²) in [6.45, 7) is 0.225. The molecule has 1 heterocycles. The van der Waals surface area contributed by atoms with Crippen LogP contribution in [0.3, 0.4) is 0 Å². The van der Waals surface area contributed by atoms with Gasteiger partial charge in [0.2, 0.25) is 0 Å². The minimum atomic E-state index is 0.225. The molecule has 0 saturated carbocycles. The Hall–Kier alpha value is -2.05. The molecule has 0 aliphatic rings. The van der Waals surface area contributed by atoms with Crippen molar-refractivity contribution < 1.29 is 9.52 Å². The Kier molecular flexibility index (Phi) is 4.16. The normalized spacial score (nSPS) is 10.2. The highest BCUT2D eigenvalue weighted by molar-refractivity contribution is 5.58. The van der Waals surface area contributed by atoms with E-state index in [0.717, 1.165) is 36.3 Å². The van der Waals surface area contributed by atoms with E-state index >= 15 is 0 Å². The van der Waals surface area contributed by atoms with E-state index in [1.54, 1.807) is 12.1 Å². The van der Waals surface area contributed by atoms with E-state index < -0.39 is 0 Å². The topological polar surface area (TPSA) is 57.2 Å². The first-order valence-corrected chi connectivity index (χ1v) is 6.03. The standard InChI is InChI=1S/C15H15NO2/c16-11-12-4-6-13(7-5-12)15-9-8-14(18-15)3-1-2-10-17/h4-9,17H,1-3,10H2. The Morgan fingerprint density at radius 2 is 1.83 bits per heavy atom. The highest BCUT2D eigenvalue weighted by Crippen LogP contribution is 2.23. The first-order valence-electron chi connectivity index (χ1n) is 6.03. The molecule has 92 valence electrons. The molecule has 0 aliphatic carbocycles. The predicted molar refractivity (Wildman–Crippen MR) is 68.9 cm³/mol. The fraction of sp³-hybridized carbons (Fsp3) is 0.267. The summed E-state index contributed by atoms with van der Waals surface area (Å²) >= 11 is 0. The number of aryl methyl sites for hydroxylation is 1. The Morgan fingerprint density at radius 3 is 2.50 bits per heavy atom. The molecule has 0 aliphatic heterocycles. The zero-order valence-electron chi connectivity index (χ0n) is 10.1. The number of hydrogen-bond acceptors (Lipinski definition) is 3. The van der Waals surface area contributed by atoms with Gasteiger partial charge in [-0.25, -0.2) is 0 Å². The molecule has 3 heteroatoms. The van der Waals surface area contributed by atoms with Crippen molar-refractivity contribution in [3.63, 3.8) is 0 Å². The summed E-state index contributed by atoms with van der Waals surface area (Å²) in [6.07, 6.45) is 2.57. The summed E-state index contributed by atoms with van der Waals surface area (Å²) in [6, 6.07) is 13.3. The van der Waals surface area contributed by atoms with E-state index in [-0.39, 0.29) is 6.61 Å². The molecule has 1 aromatic carbocycles. The maximum atomic E-state index is 8.73. The quantitative estimate of drug-likeness (QED) is 0.818. The van der Waals surface area contributed by atoms with Crippen LogP contribution in [0, 0.1) is 11.3 Å². The highest BCUT2D eigenvalue weighted by Gasteiger charge is 2.04. The van der Waals surface area contributed by atoms with Gasteiger partial charge in [-0.05, 0) is 49.2 Å². The number of unbranched alkanes of at least 4 members (excludes halogenated alkanes) is 1. The lowest BCUT2D eigenvalue weighted by Crippen LogP contribution is -1.86. The first-order chi connectivity index (χ1) is 8.83. The Bertz CT molecular complexity index is 534. The van der Waals surface area contributed by atoms with Gasteiger partial charge in [0.15, 0.2) is 0 Å². The van der Waals surface area contributed by atoms with Crippen LogP contribution in [0.15, 0.2) is 40.8 Å². The maximum absolute atomic E-state index is 8.73. The third-order valence-electron chi connectivity index (χ3n) is 2.79. The van der Waals surface area contributed by atoms with E-state index in [2.05, 4.69) is 6.07 Å². The molecule has 18 heavy (non-hydrogen) atoms. The third-order valence-corrected chi connectivity index (χ3v) is 2.79. The van der Waals surface area contributed by atoms with Crippen LogP contribution in [0.5, 0.6) is 0 Å². The summed E-state index contributed by atoms with van der Waals surface area (Å²) in [5.41, 5.74) is 1.62. The lowest BCUT2D eigenvalue weighted by Gasteiger charge is -1.98. The third kappa shape index (κ3) is 2.99. The van der Waals surface area contributed by atoms with Crippen LogP contribution in [0.25, 0.3) is 11.3 Å². The summed E-state index contributed by atoms with van der Waals surface area (Å²) in [5, 5.41) is 17.4. The number of hydrogen-bond donors (Lipinski definition) is 1. The average molecular weight is 241 g/mol. The molecule has 1 N–H and O–H groups in total. The van der Waals surface area contributed by atoms with E-state index in [1.807, 2.05) is 24.3 Å². The van der Waals surface area contributed by atoms with Crippen molar-refractivity contribution in [2.45, 2.75) is 19.3 Å². The molecule has 3 nitrogen and oxygen atoms in total. The van der Waals surface area contributed by atoms with Gasteiger partial charge < -0.3 is 9.52 Å². The van der Waals surface area contributed by atoms with Crippen molar-refractivity contribution in [3.05, 3.63) is 47.7 Å². The largest absolute Gasteiger partial charge is 0.461 e. The first kappa shape index (κ1) is 12.4. The predicted octanol–water partition coefficient (Wildman–Crippen LogP) is 3.13. The molecule has 0 bridgehead atoms. The number of rotatable bonds is 5. The molecule has 0 atom stereocenters. The van der Waals surface area contributed by atoms with Crippen molar-refractivity contribution in [1.82, 2.24) is 0 Å². The summed E-state index contributed by atoms with van der Waals surface area (Å²) in [4.78, 5) is 0. The van der Waals surface area contributed by atoms with Gasteiger partial charge in [0.25, 0.3) is 0 Å². The molecule has 0 fully saturated rings. The zero-order valence-corrected chi connectivity index (χ0v) is 10.1.